The minimum Gasteiger partial charge on any atom is -0.385 e. The highest BCUT2D eigenvalue weighted by atomic mass is 79.9. The number of halogens is 2. The smallest absolute Gasteiger partial charge is 0.0462 e. The molecule has 0 unspecified atom stereocenters. The van der Waals surface area contributed by atoms with Crippen molar-refractivity contribution >= 4 is 31.9 Å². The highest BCUT2D eigenvalue weighted by molar-refractivity contribution is 9.09. The molecular formula is C13H18Br2O. The molecule has 90 valence electrons. The third-order valence-corrected chi connectivity index (χ3v) is 5.05. The fourth-order valence-corrected chi connectivity index (χ4v) is 3.95. The van der Waals surface area contributed by atoms with Crippen LogP contribution in [0.15, 0.2) is 30.3 Å². The molecule has 0 atom stereocenters. The topological polar surface area (TPSA) is 9.23 Å². The predicted octanol–water partition coefficient (Wildman–Crippen LogP) is 4.14. The summed E-state index contributed by atoms with van der Waals surface area (Å²) in [6, 6.07) is 10.7. The van der Waals surface area contributed by atoms with E-state index in [2.05, 4.69) is 62.2 Å². The molecule has 0 radical (unpaired) electrons. The second-order valence-corrected chi connectivity index (χ2v) is 5.13. The fourth-order valence-electron chi connectivity index (χ4n) is 1.81. The van der Waals surface area contributed by atoms with E-state index in [1.54, 1.807) is 7.11 Å². The minimum absolute atomic E-state index is 0.180. The van der Waals surface area contributed by atoms with Gasteiger partial charge in [-0.25, -0.2) is 0 Å². The lowest BCUT2D eigenvalue weighted by Gasteiger charge is -2.30. The quantitative estimate of drug-likeness (QED) is 0.531. The van der Waals surface area contributed by atoms with Gasteiger partial charge in [-0.2, -0.15) is 0 Å². The van der Waals surface area contributed by atoms with Crippen LogP contribution >= 0.6 is 31.9 Å². The summed E-state index contributed by atoms with van der Waals surface area (Å²) in [5.74, 6) is 0. The van der Waals surface area contributed by atoms with E-state index in [1.165, 1.54) is 5.56 Å². The molecule has 0 fully saturated rings. The normalized spacial score (nSPS) is 11.7. The van der Waals surface area contributed by atoms with Gasteiger partial charge in [-0.1, -0.05) is 62.2 Å². The van der Waals surface area contributed by atoms with E-state index in [-0.39, 0.29) is 5.41 Å². The zero-order chi connectivity index (χ0) is 11.9. The van der Waals surface area contributed by atoms with Gasteiger partial charge in [0.15, 0.2) is 0 Å². The lowest BCUT2D eigenvalue weighted by Crippen LogP contribution is -2.30. The maximum Gasteiger partial charge on any atom is 0.0462 e. The average molecular weight is 350 g/mol. The first-order valence-corrected chi connectivity index (χ1v) is 7.70. The Morgan fingerprint density at radius 2 is 1.75 bits per heavy atom. The molecule has 0 aromatic heterocycles. The number of hydrogen-bond donors (Lipinski definition) is 0. The first kappa shape index (κ1) is 14.2. The molecule has 3 heteroatoms. The lowest BCUT2D eigenvalue weighted by atomic mass is 9.80. The second kappa shape index (κ2) is 7.46. The van der Waals surface area contributed by atoms with Gasteiger partial charge in [-0.15, -0.1) is 0 Å². The molecular weight excluding hydrogens is 332 g/mol. The molecule has 1 aromatic rings. The van der Waals surface area contributed by atoms with Crippen LogP contribution in [0.1, 0.15) is 18.4 Å². The van der Waals surface area contributed by atoms with Gasteiger partial charge in [0, 0.05) is 29.8 Å². The molecule has 0 amide bonds. The van der Waals surface area contributed by atoms with Crippen LogP contribution in [-0.2, 0) is 10.2 Å². The van der Waals surface area contributed by atoms with Crippen molar-refractivity contribution in [2.75, 3.05) is 24.4 Å². The molecule has 0 heterocycles. The number of alkyl halides is 2. The molecule has 0 saturated carbocycles. The van der Waals surface area contributed by atoms with E-state index < -0.39 is 0 Å². The zero-order valence-electron chi connectivity index (χ0n) is 9.59. The summed E-state index contributed by atoms with van der Waals surface area (Å²) in [6.45, 7) is 0.828. The van der Waals surface area contributed by atoms with E-state index in [0.717, 1.165) is 30.1 Å². The molecule has 16 heavy (non-hydrogen) atoms. The summed E-state index contributed by atoms with van der Waals surface area (Å²) in [6.07, 6.45) is 2.21. The van der Waals surface area contributed by atoms with Gasteiger partial charge in [0.05, 0.1) is 0 Å². The summed E-state index contributed by atoms with van der Waals surface area (Å²) in [7, 11) is 1.76. The van der Waals surface area contributed by atoms with Crippen LogP contribution in [0.25, 0.3) is 0 Å². The minimum atomic E-state index is 0.180. The van der Waals surface area contributed by atoms with Gasteiger partial charge >= 0.3 is 0 Å². The van der Waals surface area contributed by atoms with Gasteiger partial charge < -0.3 is 4.74 Å². The summed E-state index contributed by atoms with van der Waals surface area (Å²) >= 11 is 7.30. The third kappa shape index (κ3) is 3.57. The van der Waals surface area contributed by atoms with Crippen LogP contribution in [0.3, 0.4) is 0 Å². The Labute approximate surface area is 115 Å². The highest BCUT2D eigenvalue weighted by Gasteiger charge is 2.29. The maximum absolute atomic E-state index is 5.13. The first-order chi connectivity index (χ1) is 7.79. The van der Waals surface area contributed by atoms with Gasteiger partial charge in [0.25, 0.3) is 0 Å². The summed E-state index contributed by atoms with van der Waals surface area (Å²) < 4.78 is 5.13. The molecule has 0 saturated heterocycles. The highest BCUT2D eigenvalue weighted by Crippen LogP contribution is 2.33. The van der Waals surface area contributed by atoms with Crippen LogP contribution < -0.4 is 0 Å². The van der Waals surface area contributed by atoms with Gasteiger partial charge in [-0.3, -0.25) is 0 Å². The van der Waals surface area contributed by atoms with Crippen LogP contribution in [0, 0.1) is 0 Å². The zero-order valence-corrected chi connectivity index (χ0v) is 12.8. The van der Waals surface area contributed by atoms with Crippen LogP contribution in [0.2, 0.25) is 0 Å². The van der Waals surface area contributed by atoms with E-state index in [1.807, 2.05) is 0 Å². The molecule has 1 rings (SSSR count). The van der Waals surface area contributed by atoms with Gasteiger partial charge in [-0.05, 0) is 18.4 Å². The van der Waals surface area contributed by atoms with E-state index in [9.17, 15) is 0 Å². The third-order valence-electron chi connectivity index (χ3n) is 2.90. The Balaban J connectivity index is 2.79. The van der Waals surface area contributed by atoms with Crippen molar-refractivity contribution in [3.63, 3.8) is 0 Å². The molecule has 0 bridgehead atoms. The van der Waals surface area contributed by atoms with Crippen molar-refractivity contribution in [2.45, 2.75) is 18.3 Å². The molecule has 1 aromatic carbocycles. The number of hydrogen-bond acceptors (Lipinski definition) is 1. The van der Waals surface area contributed by atoms with Crippen LogP contribution in [0.4, 0.5) is 0 Å². The Morgan fingerprint density at radius 1 is 1.12 bits per heavy atom. The molecule has 1 nitrogen and oxygen atoms in total. The van der Waals surface area contributed by atoms with Crippen molar-refractivity contribution in [2.24, 2.45) is 0 Å². The van der Waals surface area contributed by atoms with Crippen molar-refractivity contribution < 1.29 is 4.74 Å². The SMILES string of the molecule is COCCCC(CBr)(CBr)c1ccccc1. The second-order valence-electron chi connectivity index (χ2n) is 4.01. The van der Waals surface area contributed by atoms with Crippen LogP contribution in [-0.4, -0.2) is 24.4 Å². The predicted molar refractivity (Wildman–Crippen MR) is 76.8 cm³/mol. The molecule has 0 aliphatic carbocycles. The Kier molecular flexibility index (Phi) is 6.62. The Bertz CT molecular complexity index is 283. The van der Waals surface area contributed by atoms with Crippen LogP contribution in [0.5, 0.6) is 0 Å². The van der Waals surface area contributed by atoms with Crippen molar-refractivity contribution in [1.29, 1.82) is 0 Å². The molecule has 0 spiro atoms. The van der Waals surface area contributed by atoms with Crippen molar-refractivity contribution in [3.05, 3.63) is 35.9 Å². The number of benzene rings is 1. The fraction of sp³-hybridized carbons (Fsp3) is 0.538. The van der Waals surface area contributed by atoms with E-state index in [0.29, 0.717) is 0 Å². The lowest BCUT2D eigenvalue weighted by molar-refractivity contribution is 0.186. The number of ether oxygens (including phenoxy) is 1. The molecule has 0 aliphatic heterocycles. The monoisotopic (exact) mass is 348 g/mol. The first-order valence-electron chi connectivity index (χ1n) is 5.45. The summed E-state index contributed by atoms with van der Waals surface area (Å²) in [5, 5.41) is 1.94. The van der Waals surface area contributed by atoms with E-state index >= 15 is 0 Å². The van der Waals surface area contributed by atoms with Crippen molar-refractivity contribution in [1.82, 2.24) is 0 Å². The van der Waals surface area contributed by atoms with Gasteiger partial charge in [0.1, 0.15) is 0 Å². The Hall–Kier alpha value is 0.140. The van der Waals surface area contributed by atoms with E-state index in [4.69, 9.17) is 4.74 Å². The Morgan fingerprint density at radius 3 is 2.25 bits per heavy atom. The maximum atomic E-state index is 5.13. The number of methoxy groups -OCH3 is 1. The summed E-state index contributed by atoms with van der Waals surface area (Å²) in [4.78, 5) is 0. The molecule has 0 aliphatic rings. The average Bonchev–Trinajstić information content (AvgIpc) is 2.36. The standard InChI is InChI=1S/C13H18Br2O/c1-16-9-5-8-13(10-14,11-15)12-6-3-2-4-7-12/h2-4,6-7H,5,8-11H2,1H3. The number of rotatable bonds is 7. The molecule has 0 N–H and O–H groups in total. The summed E-state index contributed by atoms with van der Waals surface area (Å²) in [5.41, 5.74) is 1.57. The largest absolute Gasteiger partial charge is 0.385 e. The van der Waals surface area contributed by atoms with Crippen molar-refractivity contribution in [3.8, 4) is 0 Å². The van der Waals surface area contributed by atoms with Gasteiger partial charge in [0.2, 0.25) is 0 Å².